The van der Waals surface area contributed by atoms with Crippen LogP contribution in [-0.2, 0) is 0 Å². The lowest BCUT2D eigenvalue weighted by Crippen LogP contribution is -1.73. The summed E-state index contributed by atoms with van der Waals surface area (Å²) in [5, 5.41) is 0.952. The Labute approximate surface area is 66.9 Å². The molecule has 0 saturated heterocycles. The van der Waals surface area contributed by atoms with E-state index in [2.05, 4.69) is 25.2 Å². The molecular formula is C9H11Cl. The second kappa shape index (κ2) is 3.07. The van der Waals surface area contributed by atoms with Crippen LogP contribution in [0, 0.1) is 0 Å². The van der Waals surface area contributed by atoms with Crippen LogP contribution in [0.4, 0.5) is 0 Å². The van der Waals surface area contributed by atoms with E-state index in [1.54, 1.807) is 0 Å². The Morgan fingerprint density at radius 3 is 2.80 bits per heavy atom. The van der Waals surface area contributed by atoms with Gasteiger partial charge in [-0.2, -0.15) is 0 Å². The number of rotatable bonds is 0. The monoisotopic (exact) mass is 154 g/mol. The fourth-order valence-corrected chi connectivity index (χ4v) is 1.12. The van der Waals surface area contributed by atoms with Gasteiger partial charge in [0.05, 0.1) is 0 Å². The van der Waals surface area contributed by atoms with Crippen LogP contribution in [0.1, 0.15) is 20.3 Å². The minimum absolute atomic E-state index is 0.876. The molecule has 0 radical (unpaired) electrons. The van der Waals surface area contributed by atoms with Crippen molar-refractivity contribution >= 4 is 11.6 Å². The average Bonchev–Trinajstić information content (AvgIpc) is 1.96. The van der Waals surface area contributed by atoms with Gasteiger partial charge in [-0.1, -0.05) is 35.4 Å². The zero-order chi connectivity index (χ0) is 7.56. The van der Waals surface area contributed by atoms with Gasteiger partial charge < -0.3 is 0 Å². The number of allylic oxidation sites excluding steroid dienone is 6. The molecule has 0 spiro atoms. The van der Waals surface area contributed by atoms with Crippen molar-refractivity contribution in [1.82, 2.24) is 0 Å². The van der Waals surface area contributed by atoms with E-state index < -0.39 is 0 Å². The summed E-state index contributed by atoms with van der Waals surface area (Å²) < 4.78 is 0. The van der Waals surface area contributed by atoms with E-state index in [0.29, 0.717) is 0 Å². The van der Waals surface area contributed by atoms with Gasteiger partial charge in [0.15, 0.2) is 0 Å². The lowest BCUT2D eigenvalue weighted by atomic mass is 10.2. The fourth-order valence-electron chi connectivity index (χ4n) is 0.977. The maximum atomic E-state index is 5.92. The summed E-state index contributed by atoms with van der Waals surface area (Å²) in [7, 11) is 0. The molecule has 0 nitrogen and oxygen atoms in total. The van der Waals surface area contributed by atoms with Crippen LogP contribution >= 0.6 is 11.6 Å². The highest BCUT2D eigenvalue weighted by Gasteiger charge is 1.97. The molecule has 0 aromatic carbocycles. The molecular weight excluding hydrogens is 144 g/mol. The normalized spacial score (nSPS) is 18.9. The third-order valence-corrected chi connectivity index (χ3v) is 2.00. The molecule has 0 N–H and O–H groups in total. The molecule has 0 bridgehead atoms. The van der Waals surface area contributed by atoms with Crippen molar-refractivity contribution in [2.45, 2.75) is 20.3 Å². The Balaban J connectivity index is 2.96. The lowest BCUT2D eigenvalue weighted by molar-refractivity contribution is 1.31. The zero-order valence-electron chi connectivity index (χ0n) is 6.32. The zero-order valence-corrected chi connectivity index (χ0v) is 7.07. The Bertz CT molecular complexity index is 219. The highest BCUT2D eigenvalue weighted by molar-refractivity contribution is 6.30. The van der Waals surface area contributed by atoms with E-state index >= 15 is 0 Å². The molecule has 0 atom stereocenters. The van der Waals surface area contributed by atoms with Crippen LogP contribution in [0.5, 0.6) is 0 Å². The SMILES string of the molecule is CC1=CC(C)=C(Cl)CC=C1. The number of hydrogen-bond donors (Lipinski definition) is 0. The topological polar surface area (TPSA) is 0 Å². The average molecular weight is 155 g/mol. The van der Waals surface area contributed by atoms with Crippen molar-refractivity contribution in [3.63, 3.8) is 0 Å². The van der Waals surface area contributed by atoms with Crippen LogP contribution in [0.2, 0.25) is 0 Å². The second-order valence-corrected chi connectivity index (χ2v) is 3.04. The molecule has 1 aliphatic rings. The summed E-state index contributed by atoms with van der Waals surface area (Å²) in [5.41, 5.74) is 2.46. The summed E-state index contributed by atoms with van der Waals surface area (Å²) >= 11 is 5.92. The van der Waals surface area contributed by atoms with Gasteiger partial charge in [-0.05, 0) is 19.4 Å². The summed E-state index contributed by atoms with van der Waals surface area (Å²) in [6.45, 7) is 4.12. The van der Waals surface area contributed by atoms with Crippen LogP contribution in [-0.4, -0.2) is 0 Å². The maximum absolute atomic E-state index is 5.92. The van der Waals surface area contributed by atoms with Crippen LogP contribution in [0.15, 0.2) is 34.4 Å². The van der Waals surface area contributed by atoms with E-state index in [0.717, 1.165) is 11.5 Å². The van der Waals surface area contributed by atoms with E-state index in [-0.39, 0.29) is 0 Å². The van der Waals surface area contributed by atoms with Gasteiger partial charge in [-0.15, -0.1) is 0 Å². The maximum Gasteiger partial charge on any atom is 0.0248 e. The Morgan fingerprint density at radius 1 is 1.40 bits per heavy atom. The first-order valence-corrected chi connectivity index (χ1v) is 3.78. The highest BCUT2D eigenvalue weighted by atomic mass is 35.5. The van der Waals surface area contributed by atoms with Crippen molar-refractivity contribution in [2.24, 2.45) is 0 Å². The molecule has 1 aliphatic carbocycles. The largest absolute Gasteiger partial charge is 0.0885 e. The second-order valence-electron chi connectivity index (χ2n) is 2.58. The highest BCUT2D eigenvalue weighted by Crippen LogP contribution is 2.20. The van der Waals surface area contributed by atoms with Gasteiger partial charge in [0, 0.05) is 11.5 Å². The fraction of sp³-hybridized carbons (Fsp3) is 0.333. The molecule has 0 heterocycles. The van der Waals surface area contributed by atoms with E-state index in [4.69, 9.17) is 11.6 Å². The Kier molecular flexibility index (Phi) is 2.34. The summed E-state index contributed by atoms with van der Waals surface area (Å²) in [4.78, 5) is 0. The Hall–Kier alpha value is -0.490. The molecule has 10 heavy (non-hydrogen) atoms. The molecule has 0 aromatic heterocycles. The van der Waals surface area contributed by atoms with Gasteiger partial charge >= 0.3 is 0 Å². The van der Waals surface area contributed by atoms with Crippen LogP contribution in [0.25, 0.3) is 0 Å². The van der Waals surface area contributed by atoms with Crippen molar-refractivity contribution in [1.29, 1.82) is 0 Å². The molecule has 0 saturated carbocycles. The first-order valence-electron chi connectivity index (χ1n) is 3.40. The van der Waals surface area contributed by atoms with Gasteiger partial charge in [-0.3, -0.25) is 0 Å². The van der Waals surface area contributed by atoms with E-state index in [1.807, 2.05) is 6.92 Å². The smallest absolute Gasteiger partial charge is 0.0248 e. The van der Waals surface area contributed by atoms with E-state index in [9.17, 15) is 0 Å². The first kappa shape index (κ1) is 7.62. The third kappa shape index (κ3) is 1.74. The molecule has 54 valence electrons. The summed E-state index contributed by atoms with van der Waals surface area (Å²) in [6.07, 6.45) is 7.16. The quantitative estimate of drug-likeness (QED) is 0.502. The Morgan fingerprint density at radius 2 is 2.10 bits per heavy atom. The first-order chi connectivity index (χ1) is 4.70. The van der Waals surface area contributed by atoms with Crippen molar-refractivity contribution in [3.05, 3.63) is 34.4 Å². The summed E-state index contributed by atoms with van der Waals surface area (Å²) in [5.74, 6) is 0. The van der Waals surface area contributed by atoms with Crippen molar-refractivity contribution in [3.8, 4) is 0 Å². The molecule has 0 aliphatic heterocycles. The molecule has 1 rings (SSSR count). The summed E-state index contributed by atoms with van der Waals surface area (Å²) in [6, 6.07) is 0. The van der Waals surface area contributed by atoms with Crippen molar-refractivity contribution in [2.75, 3.05) is 0 Å². The van der Waals surface area contributed by atoms with Gasteiger partial charge in [0.1, 0.15) is 0 Å². The predicted molar refractivity (Wildman–Crippen MR) is 46.1 cm³/mol. The van der Waals surface area contributed by atoms with Crippen LogP contribution in [0.3, 0.4) is 0 Å². The predicted octanol–water partition coefficient (Wildman–Crippen LogP) is 3.41. The molecule has 1 heteroatoms. The van der Waals surface area contributed by atoms with Crippen molar-refractivity contribution < 1.29 is 0 Å². The molecule has 0 unspecified atom stereocenters. The van der Waals surface area contributed by atoms with Gasteiger partial charge in [0.25, 0.3) is 0 Å². The lowest BCUT2D eigenvalue weighted by Gasteiger charge is -1.94. The van der Waals surface area contributed by atoms with Gasteiger partial charge in [0.2, 0.25) is 0 Å². The van der Waals surface area contributed by atoms with E-state index in [1.165, 1.54) is 11.1 Å². The molecule has 0 amide bonds. The minimum atomic E-state index is 0.876. The number of hydrogen-bond acceptors (Lipinski definition) is 0. The molecule has 0 fully saturated rings. The third-order valence-electron chi connectivity index (χ3n) is 1.55. The standard InChI is InChI=1S/C9H11Cl/c1-7-4-3-5-9(10)8(2)6-7/h3-4,6H,5H2,1-2H3. The van der Waals surface area contributed by atoms with Crippen LogP contribution < -0.4 is 0 Å². The number of halogens is 1. The minimum Gasteiger partial charge on any atom is -0.0885 e. The molecule has 0 aromatic rings. The van der Waals surface area contributed by atoms with Gasteiger partial charge in [-0.25, -0.2) is 0 Å².